The van der Waals surface area contributed by atoms with E-state index in [9.17, 15) is 9.28 Å². The Labute approximate surface area is 84.4 Å². The Morgan fingerprint density at radius 2 is 2.00 bits per heavy atom. The number of hydrogen-bond acceptors (Lipinski definition) is 1. The third-order valence-electron chi connectivity index (χ3n) is 1.51. The Morgan fingerprint density at radius 3 is 2.54 bits per heavy atom. The van der Waals surface area contributed by atoms with Crippen LogP contribution >= 0.6 is 15.9 Å². The molecule has 0 aliphatic carbocycles. The van der Waals surface area contributed by atoms with Crippen LogP contribution in [0.1, 0.15) is 6.42 Å². The quantitative estimate of drug-likeness (QED) is 0.593. The topological polar surface area (TPSA) is 20.3 Å². The molecule has 0 radical (unpaired) electrons. The summed E-state index contributed by atoms with van der Waals surface area (Å²) < 4.78 is 13.2. The molecule has 1 amide bonds. The Bertz CT molecular complexity index is 278. The molecular formula is C9H9BrFNO. The first kappa shape index (κ1) is 10.2. The summed E-state index contributed by atoms with van der Waals surface area (Å²) in [5.74, 6) is -0.539. The predicted molar refractivity (Wildman–Crippen MR) is 53.4 cm³/mol. The second kappa shape index (κ2) is 4.97. The molecule has 1 aromatic carbocycles. The molecule has 0 saturated heterocycles. The molecule has 0 bridgehead atoms. The Hall–Kier alpha value is -0.900. The van der Waals surface area contributed by atoms with Gasteiger partial charge < -0.3 is 0 Å². The lowest BCUT2D eigenvalue weighted by Crippen LogP contribution is -2.21. The maximum atomic E-state index is 13.2. The zero-order chi connectivity index (χ0) is 9.68. The number of amides is 1. The van der Waals surface area contributed by atoms with E-state index in [4.69, 9.17) is 0 Å². The van der Waals surface area contributed by atoms with Gasteiger partial charge >= 0.3 is 0 Å². The minimum Gasteiger partial charge on any atom is -0.272 e. The van der Waals surface area contributed by atoms with Crippen LogP contribution in [-0.4, -0.2) is 11.2 Å². The van der Waals surface area contributed by atoms with Crippen molar-refractivity contribution in [2.24, 2.45) is 0 Å². The number of alkyl halides is 1. The Morgan fingerprint density at radius 1 is 1.38 bits per heavy atom. The van der Waals surface area contributed by atoms with Crippen LogP contribution in [0.25, 0.3) is 0 Å². The highest BCUT2D eigenvalue weighted by Crippen LogP contribution is 2.14. The lowest BCUT2D eigenvalue weighted by atomic mass is 10.3. The van der Waals surface area contributed by atoms with Crippen molar-refractivity contribution in [3.8, 4) is 0 Å². The van der Waals surface area contributed by atoms with E-state index in [1.165, 1.54) is 0 Å². The Balaban J connectivity index is 2.68. The van der Waals surface area contributed by atoms with E-state index in [1.807, 2.05) is 0 Å². The fourth-order valence-electron chi connectivity index (χ4n) is 0.882. The van der Waals surface area contributed by atoms with Gasteiger partial charge in [0.05, 0.1) is 5.69 Å². The summed E-state index contributed by atoms with van der Waals surface area (Å²) in [6.45, 7) is 0. The van der Waals surface area contributed by atoms with Crippen LogP contribution in [0.2, 0.25) is 0 Å². The van der Waals surface area contributed by atoms with Gasteiger partial charge in [-0.1, -0.05) is 38.6 Å². The molecule has 0 N–H and O–H groups in total. The summed E-state index contributed by atoms with van der Waals surface area (Å²) in [4.78, 5) is 11.1. The van der Waals surface area contributed by atoms with E-state index >= 15 is 0 Å². The molecule has 0 heterocycles. The monoisotopic (exact) mass is 245 g/mol. The number of carbonyl (C=O) groups is 1. The van der Waals surface area contributed by atoms with Crippen molar-refractivity contribution >= 4 is 27.5 Å². The third-order valence-corrected chi connectivity index (χ3v) is 1.91. The number of rotatable bonds is 3. The standard InChI is InChI=1S/C9H9BrFNO/c10-7-6-9(13)12(11)8-4-2-1-3-5-8/h1-5H,6-7H2. The first-order valence-corrected chi connectivity index (χ1v) is 4.97. The predicted octanol–water partition coefficient (Wildman–Crippen LogP) is 2.69. The van der Waals surface area contributed by atoms with Crippen LogP contribution in [0.5, 0.6) is 0 Å². The normalized spacial score (nSPS) is 9.69. The van der Waals surface area contributed by atoms with Crippen LogP contribution in [0.3, 0.4) is 0 Å². The van der Waals surface area contributed by atoms with Crippen LogP contribution in [0.15, 0.2) is 30.3 Å². The van der Waals surface area contributed by atoms with Gasteiger partial charge in [-0.05, 0) is 12.1 Å². The van der Waals surface area contributed by atoms with Crippen LogP contribution in [0.4, 0.5) is 10.2 Å². The smallest absolute Gasteiger partial charge is 0.255 e. The van der Waals surface area contributed by atoms with E-state index in [0.29, 0.717) is 5.33 Å². The third kappa shape index (κ3) is 2.81. The molecule has 1 aromatic rings. The molecule has 0 aliphatic rings. The molecule has 0 unspecified atom stereocenters. The molecule has 2 nitrogen and oxygen atoms in total. The summed E-state index contributed by atoms with van der Waals surface area (Å²) in [5.41, 5.74) is 0.272. The largest absolute Gasteiger partial charge is 0.272 e. The van der Waals surface area contributed by atoms with E-state index in [-0.39, 0.29) is 17.2 Å². The zero-order valence-corrected chi connectivity index (χ0v) is 8.50. The van der Waals surface area contributed by atoms with E-state index in [1.54, 1.807) is 30.3 Å². The molecule has 0 aromatic heterocycles. The van der Waals surface area contributed by atoms with Gasteiger partial charge in [0.25, 0.3) is 5.91 Å². The first-order chi connectivity index (χ1) is 6.25. The summed E-state index contributed by atoms with van der Waals surface area (Å²) in [5, 5.41) is 0.639. The second-order valence-corrected chi connectivity index (χ2v) is 3.24. The summed E-state index contributed by atoms with van der Waals surface area (Å²) in [6.07, 6.45) is 0.158. The number of nitrogens with zero attached hydrogens (tertiary/aromatic N) is 1. The van der Waals surface area contributed by atoms with Gasteiger partial charge in [0.1, 0.15) is 0 Å². The SMILES string of the molecule is O=C(CCBr)N(F)c1ccccc1. The van der Waals surface area contributed by atoms with Gasteiger partial charge in [-0.25, -0.2) is 0 Å². The van der Waals surface area contributed by atoms with Crippen molar-refractivity contribution in [3.05, 3.63) is 30.3 Å². The van der Waals surface area contributed by atoms with Crippen LogP contribution in [0, 0.1) is 0 Å². The van der Waals surface area contributed by atoms with Crippen molar-refractivity contribution in [1.82, 2.24) is 0 Å². The highest BCUT2D eigenvalue weighted by atomic mass is 79.9. The first-order valence-electron chi connectivity index (χ1n) is 3.85. The maximum Gasteiger partial charge on any atom is 0.255 e. The highest BCUT2D eigenvalue weighted by Gasteiger charge is 2.13. The fourth-order valence-corrected chi connectivity index (χ4v) is 1.22. The van der Waals surface area contributed by atoms with Crippen molar-refractivity contribution in [2.75, 3.05) is 10.5 Å². The molecular weight excluding hydrogens is 237 g/mol. The molecule has 0 atom stereocenters. The molecule has 0 fully saturated rings. The molecule has 0 spiro atoms. The maximum absolute atomic E-state index is 13.2. The van der Waals surface area contributed by atoms with Crippen molar-refractivity contribution in [1.29, 1.82) is 0 Å². The molecule has 70 valence electrons. The number of hydrogen-bond donors (Lipinski definition) is 0. The minimum absolute atomic E-state index is 0.158. The number of carbonyl (C=O) groups excluding carboxylic acids is 1. The van der Waals surface area contributed by atoms with E-state index < -0.39 is 5.91 Å². The number of para-hydroxylation sites is 1. The van der Waals surface area contributed by atoms with Crippen molar-refractivity contribution < 1.29 is 9.28 Å². The van der Waals surface area contributed by atoms with Gasteiger partial charge in [0.15, 0.2) is 0 Å². The summed E-state index contributed by atoms with van der Waals surface area (Å²) in [7, 11) is 0. The minimum atomic E-state index is -0.539. The number of benzene rings is 1. The van der Waals surface area contributed by atoms with Gasteiger partial charge in [0.2, 0.25) is 0 Å². The average molecular weight is 246 g/mol. The molecule has 13 heavy (non-hydrogen) atoms. The van der Waals surface area contributed by atoms with E-state index in [2.05, 4.69) is 15.9 Å². The van der Waals surface area contributed by atoms with Crippen molar-refractivity contribution in [2.45, 2.75) is 6.42 Å². The summed E-state index contributed by atoms with van der Waals surface area (Å²) >= 11 is 3.08. The lowest BCUT2D eigenvalue weighted by molar-refractivity contribution is -0.120. The van der Waals surface area contributed by atoms with Gasteiger partial charge in [-0.2, -0.15) is 0 Å². The van der Waals surface area contributed by atoms with Gasteiger partial charge in [-0.3, -0.25) is 4.79 Å². The number of halogens is 2. The molecule has 4 heteroatoms. The summed E-state index contributed by atoms with van der Waals surface area (Å²) in [6, 6.07) is 8.23. The highest BCUT2D eigenvalue weighted by molar-refractivity contribution is 9.09. The van der Waals surface area contributed by atoms with Crippen molar-refractivity contribution in [3.63, 3.8) is 0 Å². The molecule has 0 saturated carbocycles. The van der Waals surface area contributed by atoms with Crippen LogP contribution < -0.4 is 5.12 Å². The number of anilines is 1. The fraction of sp³-hybridized carbons (Fsp3) is 0.222. The van der Waals surface area contributed by atoms with Gasteiger partial charge in [-0.15, -0.1) is 5.12 Å². The van der Waals surface area contributed by atoms with Crippen LogP contribution in [-0.2, 0) is 4.79 Å². The van der Waals surface area contributed by atoms with E-state index in [0.717, 1.165) is 0 Å². The second-order valence-electron chi connectivity index (χ2n) is 2.45. The molecule has 0 aliphatic heterocycles. The Kier molecular flexibility index (Phi) is 3.89. The lowest BCUT2D eigenvalue weighted by Gasteiger charge is -2.10. The average Bonchev–Trinajstić information content (AvgIpc) is 2.18. The molecule has 1 rings (SSSR count). The zero-order valence-electron chi connectivity index (χ0n) is 6.91. The van der Waals surface area contributed by atoms with Gasteiger partial charge in [0, 0.05) is 11.8 Å².